The van der Waals surface area contributed by atoms with Gasteiger partial charge in [0.2, 0.25) is 0 Å². The summed E-state index contributed by atoms with van der Waals surface area (Å²) in [5.74, 6) is 0.181. The summed E-state index contributed by atoms with van der Waals surface area (Å²) in [4.78, 5) is 31.1. The number of ether oxygens (including phenoxy) is 3. The highest BCUT2D eigenvalue weighted by atomic mass is 31.2. The smallest absolute Gasteiger partial charge is 0.384 e. The molecule has 0 amide bonds. The molecule has 0 bridgehead atoms. The number of nitrogen functional groups attached to an aromatic ring is 1. The van der Waals surface area contributed by atoms with E-state index in [0.29, 0.717) is 11.2 Å². The van der Waals surface area contributed by atoms with Crippen LogP contribution in [0.1, 0.15) is 13.2 Å². The second-order valence-corrected chi connectivity index (χ2v) is 7.84. The first-order chi connectivity index (χ1) is 11.7. The lowest BCUT2D eigenvalue weighted by atomic mass is 10.1. The molecule has 0 aliphatic carbocycles. The van der Waals surface area contributed by atoms with E-state index in [0.717, 1.165) is 6.92 Å². The normalized spacial score (nSPS) is 35.4. The van der Waals surface area contributed by atoms with Gasteiger partial charge in [-0.05, 0) is 0 Å². The van der Waals surface area contributed by atoms with Gasteiger partial charge in [0.15, 0.2) is 17.7 Å². The van der Waals surface area contributed by atoms with Crippen LogP contribution in [0, 0.1) is 0 Å². The van der Waals surface area contributed by atoms with Gasteiger partial charge >= 0.3 is 7.60 Å². The molecular formula is C12H16N5O7P. The average molecular weight is 373 g/mol. The monoisotopic (exact) mass is 373 g/mol. The van der Waals surface area contributed by atoms with Crippen LogP contribution in [0.3, 0.4) is 0 Å². The predicted molar refractivity (Wildman–Crippen MR) is 80.9 cm³/mol. The maximum absolute atomic E-state index is 11.7. The van der Waals surface area contributed by atoms with E-state index in [1.807, 2.05) is 0 Å². The SMILES string of the molecule is C[C@@]1(P(=O)(O)O)O[C@@H]2[C@H](O1)[C@@H](CO)O[C@H]2n1cnc2c(N)ncnc21. The molecule has 4 rings (SSSR count). The van der Waals surface area contributed by atoms with Crippen molar-refractivity contribution >= 4 is 24.6 Å². The average Bonchev–Trinajstić information content (AvgIpc) is 3.18. The van der Waals surface area contributed by atoms with E-state index < -0.39 is 44.3 Å². The zero-order chi connectivity index (χ0) is 18.0. The second kappa shape index (κ2) is 5.42. The minimum absolute atomic E-state index is 0.181. The highest BCUT2D eigenvalue weighted by Crippen LogP contribution is 2.59. The Bertz CT molecular complexity index is 871. The Balaban J connectivity index is 1.76. The molecule has 2 aromatic rings. The van der Waals surface area contributed by atoms with Gasteiger partial charge in [-0.2, -0.15) is 0 Å². The third-order valence-electron chi connectivity index (χ3n) is 4.37. The van der Waals surface area contributed by atoms with E-state index in [1.54, 1.807) is 0 Å². The summed E-state index contributed by atoms with van der Waals surface area (Å²) in [7, 11) is -4.73. The standard InChI is InChI=1S/C12H16N5O7P/c1-12(25(19,20)21)23-7-5(2-18)22-11(8(7)24-12)17-4-16-6-9(13)14-3-15-10(6)17/h3-5,7-8,11,18H,2H2,1H3,(H2,13,14,15)(H2,19,20,21)/t5-,7-,8-,11-,12+/m1/s1. The molecule has 12 nitrogen and oxygen atoms in total. The van der Waals surface area contributed by atoms with Crippen LogP contribution in [-0.2, 0) is 18.8 Å². The fourth-order valence-electron chi connectivity index (χ4n) is 3.07. The number of nitrogens with two attached hydrogens (primary N) is 1. The quantitative estimate of drug-likeness (QED) is 0.482. The second-order valence-electron chi connectivity index (χ2n) is 5.94. The van der Waals surface area contributed by atoms with Crippen LogP contribution in [0.15, 0.2) is 12.7 Å². The van der Waals surface area contributed by atoms with E-state index in [9.17, 15) is 19.5 Å². The van der Waals surface area contributed by atoms with Crippen molar-refractivity contribution in [2.45, 2.75) is 37.0 Å². The molecule has 13 heteroatoms. The molecule has 25 heavy (non-hydrogen) atoms. The number of hydrogen-bond donors (Lipinski definition) is 4. The van der Waals surface area contributed by atoms with Crippen LogP contribution in [-0.4, -0.2) is 64.9 Å². The summed E-state index contributed by atoms with van der Waals surface area (Å²) in [6, 6.07) is 0. The maximum Gasteiger partial charge on any atom is 0.384 e. The van der Waals surface area contributed by atoms with Crippen molar-refractivity contribution in [3.8, 4) is 0 Å². The summed E-state index contributed by atoms with van der Waals surface area (Å²) in [5, 5.41) is 9.53. The van der Waals surface area contributed by atoms with Crippen molar-refractivity contribution < 1.29 is 33.7 Å². The van der Waals surface area contributed by atoms with Crippen LogP contribution < -0.4 is 5.73 Å². The van der Waals surface area contributed by atoms with Gasteiger partial charge in [-0.25, -0.2) is 15.0 Å². The minimum atomic E-state index is -4.73. The number of nitrogens with zero attached hydrogens (tertiary/aromatic N) is 4. The zero-order valence-corrected chi connectivity index (χ0v) is 13.9. The summed E-state index contributed by atoms with van der Waals surface area (Å²) in [6.45, 7) is 0.742. The summed E-state index contributed by atoms with van der Waals surface area (Å²) >= 11 is 0. The number of aliphatic hydroxyl groups is 1. The van der Waals surface area contributed by atoms with Gasteiger partial charge < -0.3 is 34.8 Å². The number of rotatable bonds is 3. The lowest BCUT2D eigenvalue weighted by Gasteiger charge is -2.27. The number of anilines is 1. The number of aromatic nitrogens is 4. The number of fused-ring (bicyclic) bond motifs is 2. The molecule has 0 aromatic carbocycles. The molecule has 0 radical (unpaired) electrons. The molecule has 2 aliphatic heterocycles. The van der Waals surface area contributed by atoms with Crippen molar-refractivity contribution in [1.82, 2.24) is 19.5 Å². The molecule has 136 valence electrons. The largest absolute Gasteiger partial charge is 0.394 e. The minimum Gasteiger partial charge on any atom is -0.394 e. The molecule has 2 fully saturated rings. The Morgan fingerprint density at radius 1 is 1.32 bits per heavy atom. The Morgan fingerprint density at radius 3 is 2.72 bits per heavy atom. The van der Waals surface area contributed by atoms with Gasteiger partial charge in [0, 0.05) is 6.92 Å². The van der Waals surface area contributed by atoms with E-state index in [-0.39, 0.29) is 5.82 Å². The molecule has 4 heterocycles. The van der Waals surface area contributed by atoms with Gasteiger partial charge in [0.1, 0.15) is 30.2 Å². The van der Waals surface area contributed by atoms with Gasteiger partial charge in [-0.15, -0.1) is 0 Å². The zero-order valence-electron chi connectivity index (χ0n) is 13.0. The molecule has 0 saturated carbocycles. The fourth-order valence-corrected chi connectivity index (χ4v) is 3.59. The Hall–Kier alpha value is -1.66. The predicted octanol–water partition coefficient (Wildman–Crippen LogP) is -1.07. The first-order valence-electron chi connectivity index (χ1n) is 7.36. The highest BCUT2D eigenvalue weighted by Gasteiger charge is 2.63. The number of aliphatic hydroxyl groups excluding tert-OH is 1. The number of imidazole rings is 1. The number of hydrogen-bond acceptors (Lipinski definition) is 9. The highest BCUT2D eigenvalue weighted by molar-refractivity contribution is 7.53. The first-order valence-corrected chi connectivity index (χ1v) is 8.97. The molecular weight excluding hydrogens is 357 g/mol. The van der Waals surface area contributed by atoms with Crippen molar-refractivity contribution in [3.63, 3.8) is 0 Å². The Labute approximate surface area is 140 Å². The van der Waals surface area contributed by atoms with Crippen LogP contribution in [0.4, 0.5) is 5.82 Å². The summed E-state index contributed by atoms with van der Waals surface area (Å²) in [6.07, 6.45) is -0.784. The van der Waals surface area contributed by atoms with Gasteiger partial charge in [-0.3, -0.25) is 9.13 Å². The Kier molecular flexibility index (Phi) is 3.64. The van der Waals surface area contributed by atoms with Gasteiger partial charge in [0.05, 0.1) is 12.9 Å². The van der Waals surface area contributed by atoms with E-state index in [4.69, 9.17) is 19.9 Å². The van der Waals surface area contributed by atoms with Crippen molar-refractivity contribution in [1.29, 1.82) is 0 Å². The lowest BCUT2D eigenvalue weighted by Crippen LogP contribution is -2.33. The summed E-state index contributed by atoms with van der Waals surface area (Å²) in [5.41, 5.74) is 4.36. The maximum atomic E-state index is 11.7. The molecule has 0 unspecified atom stereocenters. The third kappa shape index (κ3) is 2.38. The molecule has 0 spiro atoms. The van der Waals surface area contributed by atoms with Crippen LogP contribution in [0.5, 0.6) is 0 Å². The van der Waals surface area contributed by atoms with Crippen LogP contribution in [0.2, 0.25) is 0 Å². The van der Waals surface area contributed by atoms with Crippen molar-refractivity contribution in [2.24, 2.45) is 0 Å². The Morgan fingerprint density at radius 2 is 2.04 bits per heavy atom. The van der Waals surface area contributed by atoms with E-state index in [2.05, 4.69) is 15.0 Å². The summed E-state index contributed by atoms with van der Waals surface area (Å²) < 4.78 is 30.0. The first kappa shape index (κ1) is 16.8. The van der Waals surface area contributed by atoms with E-state index in [1.165, 1.54) is 17.2 Å². The third-order valence-corrected chi connectivity index (χ3v) is 5.63. The molecule has 2 aliphatic rings. The lowest BCUT2D eigenvalue weighted by molar-refractivity contribution is -0.174. The van der Waals surface area contributed by atoms with Gasteiger partial charge in [-0.1, -0.05) is 0 Å². The van der Waals surface area contributed by atoms with E-state index >= 15 is 0 Å². The van der Waals surface area contributed by atoms with Crippen molar-refractivity contribution in [2.75, 3.05) is 12.3 Å². The topological polar surface area (TPSA) is 175 Å². The molecule has 2 aromatic heterocycles. The fraction of sp³-hybridized carbons (Fsp3) is 0.583. The van der Waals surface area contributed by atoms with Gasteiger partial charge in [0.25, 0.3) is 5.53 Å². The van der Waals surface area contributed by atoms with Crippen molar-refractivity contribution in [3.05, 3.63) is 12.7 Å². The molecule has 5 N–H and O–H groups in total. The molecule has 2 saturated heterocycles. The molecule has 5 atom stereocenters. The van der Waals surface area contributed by atoms with Crippen LogP contribution >= 0.6 is 7.60 Å². The van der Waals surface area contributed by atoms with Crippen LogP contribution in [0.25, 0.3) is 11.2 Å².